The minimum absolute atomic E-state index is 0.152. The molecule has 0 saturated heterocycles. The van der Waals surface area contributed by atoms with E-state index in [0.29, 0.717) is 0 Å². The first-order chi connectivity index (χ1) is 7.84. The molecular formula is C14H26N2S. The first-order valence-corrected chi connectivity index (χ1v) is 7.30. The highest BCUT2D eigenvalue weighted by atomic mass is 32.1. The Labute approximate surface area is 110 Å². The maximum atomic E-state index is 4.85. The van der Waals surface area contributed by atoms with Crippen LogP contribution in [0.2, 0.25) is 0 Å². The van der Waals surface area contributed by atoms with Crippen molar-refractivity contribution < 1.29 is 0 Å². The normalized spacial score (nSPS) is 12.4. The smallest absolute Gasteiger partial charge is 0.0931 e. The lowest BCUT2D eigenvalue weighted by atomic mass is 9.91. The quantitative estimate of drug-likeness (QED) is 0.865. The zero-order valence-corrected chi connectivity index (χ0v) is 12.9. The lowest BCUT2D eigenvalue weighted by Gasteiger charge is -2.17. The third-order valence-electron chi connectivity index (χ3n) is 2.72. The molecule has 1 aromatic heterocycles. The molecule has 0 aromatic carbocycles. The van der Waals surface area contributed by atoms with Gasteiger partial charge in [0.05, 0.1) is 10.7 Å². The average molecular weight is 254 g/mol. The van der Waals surface area contributed by atoms with Crippen molar-refractivity contribution in [1.29, 1.82) is 0 Å². The molecule has 17 heavy (non-hydrogen) atoms. The Morgan fingerprint density at radius 2 is 1.94 bits per heavy atom. The Kier molecular flexibility index (Phi) is 5.14. The number of rotatable bonds is 5. The summed E-state index contributed by atoms with van der Waals surface area (Å²) >= 11 is 1.88. The molecule has 3 heteroatoms. The standard InChI is InChI=1S/C14H26N2S/c1-10(2)7-8-12-16-13(14(3,4)5)11(17-12)9-15-6/h10,15H,7-9H2,1-6H3. The molecule has 0 aliphatic carbocycles. The number of hydrogen-bond donors (Lipinski definition) is 1. The maximum Gasteiger partial charge on any atom is 0.0931 e. The van der Waals surface area contributed by atoms with Crippen LogP contribution < -0.4 is 5.32 Å². The van der Waals surface area contributed by atoms with E-state index < -0.39 is 0 Å². The van der Waals surface area contributed by atoms with E-state index in [0.717, 1.165) is 18.9 Å². The highest BCUT2D eigenvalue weighted by molar-refractivity contribution is 7.11. The van der Waals surface area contributed by atoms with Crippen LogP contribution in [-0.2, 0) is 18.4 Å². The molecule has 0 bridgehead atoms. The molecule has 0 unspecified atom stereocenters. The second-order valence-corrected chi connectivity index (χ2v) is 7.26. The molecule has 0 radical (unpaired) electrons. The van der Waals surface area contributed by atoms with Gasteiger partial charge in [0.25, 0.3) is 0 Å². The average Bonchev–Trinajstić information content (AvgIpc) is 2.58. The van der Waals surface area contributed by atoms with Gasteiger partial charge in [0, 0.05) is 16.8 Å². The van der Waals surface area contributed by atoms with Crippen LogP contribution in [0.4, 0.5) is 0 Å². The van der Waals surface area contributed by atoms with E-state index >= 15 is 0 Å². The molecule has 1 aromatic rings. The van der Waals surface area contributed by atoms with E-state index in [4.69, 9.17) is 4.98 Å². The van der Waals surface area contributed by atoms with Gasteiger partial charge in [-0.2, -0.15) is 0 Å². The van der Waals surface area contributed by atoms with Gasteiger partial charge in [0.1, 0.15) is 0 Å². The van der Waals surface area contributed by atoms with E-state index in [1.807, 2.05) is 18.4 Å². The lowest BCUT2D eigenvalue weighted by molar-refractivity contribution is 0.554. The van der Waals surface area contributed by atoms with E-state index in [-0.39, 0.29) is 5.41 Å². The number of thiazole rings is 1. The zero-order chi connectivity index (χ0) is 13.1. The van der Waals surface area contributed by atoms with Crippen molar-refractivity contribution in [3.05, 3.63) is 15.6 Å². The molecule has 0 amide bonds. The van der Waals surface area contributed by atoms with E-state index in [1.165, 1.54) is 22.0 Å². The maximum absolute atomic E-state index is 4.85. The highest BCUT2D eigenvalue weighted by Gasteiger charge is 2.22. The minimum atomic E-state index is 0.152. The summed E-state index contributed by atoms with van der Waals surface area (Å²) in [7, 11) is 2.00. The van der Waals surface area contributed by atoms with Crippen LogP contribution in [0.1, 0.15) is 56.6 Å². The van der Waals surface area contributed by atoms with Crippen LogP contribution in [0, 0.1) is 5.92 Å². The van der Waals surface area contributed by atoms with Crippen molar-refractivity contribution in [3.8, 4) is 0 Å². The van der Waals surface area contributed by atoms with Gasteiger partial charge in [-0.3, -0.25) is 0 Å². The summed E-state index contributed by atoms with van der Waals surface area (Å²) in [6.45, 7) is 12.2. The molecule has 0 aliphatic heterocycles. The largest absolute Gasteiger partial charge is 0.315 e. The van der Waals surface area contributed by atoms with Crippen molar-refractivity contribution in [2.24, 2.45) is 5.92 Å². The Hall–Kier alpha value is -0.410. The van der Waals surface area contributed by atoms with Crippen LogP contribution in [0.25, 0.3) is 0 Å². The molecule has 98 valence electrons. The third-order valence-corrected chi connectivity index (χ3v) is 3.84. The second-order valence-electron chi connectivity index (χ2n) is 6.09. The number of nitrogens with one attached hydrogen (secondary N) is 1. The van der Waals surface area contributed by atoms with Gasteiger partial charge in [-0.05, 0) is 25.8 Å². The molecule has 0 saturated carbocycles. The van der Waals surface area contributed by atoms with Crippen LogP contribution >= 0.6 is 11.3 Å². The molecule has 1 heterocycles. The summed E-state index contributed by atoms with van der Waals surface area (Å²) in [5, 5.41) is 4.54. The van der Waals surface area contributed by atoms with Crippen molar-refractivity contribution in [2.75, 3.05) is 7.05 Å². The topological polar surface area (TPSA) is 24.9 Å². The molecule has 0 fully saturated rings. The van der Waals surface area contributed by atoms with E-state index in [9.17, 15) is 0 Å². The van der Waals surface area contributed by atoms with Gasteiger partial charge in [-0.1, -0.05) is 34.6 Å². The summed E-state index contributed by atoms with van der Waals surface area (Å²) in [6, 6.07) is 0. The van der Waals surface area contributed by atoms with Crippen LogP contribution in [0.3, 0.4) is 0 Å². The summed E-state index contributed by atoms with van der Waals surface area (Å²) in [6.07, 6.45) is 2.35. The van der Waals surface area contributed by atoms with Gasteiger partial charge in [-0.15, -0.1) is 11.3 Å². The fraction of sp³-hybridized carbons (Fsp3) is 0.786. The molecule has 2 nitrogen and oxygen atoms in total. The van der Waals surface area contributed by atoms with E-state index in [1.54, 1.807) is 0 Å². The van der Waals surface area contributed by atoms with Crippen molar-refractivity contribution >= 4 is 11.3 Å². The molecular weight excluding hydrogens is 228 g/mol. The Morgan fingerprint density at radius 1 is 1.29 bits per heavy atom. The SMILES string of the molecule is CNCc1sc(CCC(C)C)nc1C(C)(C)C. The second kappa shape index (κ2) is 5.96. The van der Waals surface area contributed by atoms with Crippen molar-refractivity contribution in [3.63, 3.8) is 0 Å². The minimum Gasteiger partial charge on any atom is -0.315 e. The summed E-state index contributed by atoms with van der Waals surface area (Å²) in [5.74, 6) is 0.754. The lowest BCUT2D eigenvalue weighted by Crippen LogP contribution is -2.16. The molecule has 1 N–H and O–H groups in total. The highest BCUT2D eigenvalue weighted by Crippen LogP contribution is 2.30. The predicted octanol–water partition coefficient (Wildman–Crippen LogP) is 3.75. The van der Waals surface area contributed by atoms with E-state index in [2.05, 4.69) is 39.9 Å². The van der Waals surface area contributed by atoms with Gasteiger partial charge in [0.2, 0.25) is 0 Å². The number of aromatic nitrogens is 1. The molecule has 1 rings (SSSR count). The van der Waals surface area contributed by atoms with Crippen molar-refractivity contribution in [1.82, 2.24) is 10.3 Å². The number of nitrogens with zero attached hydrogens (tertiary/aromatic N) is 1. The third kappa shape index (κ3) is 4.40. The summed E-state index contributed by atoms with van der Waals surface area (Å²) in [4.78, 5) is 6.25. The fourth-order valence-corrected chi connectivity index (χ4v) is 3.09. The first-order valence-electron chi connectivity index (χ1n) is 6.48. The van der Waals surface area contributed by atoms with Gasteiger partial charge < -0.3 is 5.32 Å². The first kappa shape index (κ1) is 14.7. The molecule has 0 atom stereocenters. The number of aryl methyl sites for hydroxylation is 1. The van der Waals surface area contributed by atoms with Crippen molar-refractivity contribution in [2.45, 2.75) is 59.4 Å². The van der Waals surface area contributed by atoms with Gasteiger partial charge >= 0.3 is 0 Å². The van der Waals surface area contributed by atoms with Crippen LogP contribution in [0.15, 0.2) is 0 Å². The van der Waals surface area contributed by atoms with Crippen LogP contribution in [-0.4, -0.2) is 12.0 Å². The summed E-state index contributed by atoms with van der Waals surface area (Å²) in [5.41, 5.74) is 1.43. The predicted molar refractivity (Wildman–Crippen MR) is 76.7 cm³/mol. The number of hydrogen-bond acceptors (Lipinski definition) is 3. The van der Waals surface area contributed by atoms with Crippen LogP contribution in [0.5, 0.6) is 0 Å². The Morgan fingerprint density at radius 3 is 2.41 bits per heavy atom. The Bertz CT molecular complexity index is 348. The molecule has 0 spiro atoms. The zero-order valence-electron chi connectivity index (χ0n) is 12.1. The summed E-state index contributed by atoms with van der Waals surface area (Å²) < 4.78 is 0. The van der Waals surface area contributed by atoms with Gasteiger partial charge in [-0.25, -0.2) is 4.98 Å². The fourth-order valence-electron chi connectivity index (χ4n) is 1.79. The Balaban J connectivity index is 2.88. The molecule has 0 aliphatic rings. The monoisotopic (exact) mass is 254 g/mol. The van der Waals surface area contributed by atoms with Gasteiger partial charge in [0.15, 0.2) is 0 Å².